The van der Waals surface area contributed by atoms with Gasteiger partial charge in [-0.1, -0.05) is 0 Å². The van der Waals surface area contributed by atoms with Gasteiger partial charge in [0.1, 0.15) is 5.75 Å². The summed E-state index contributed by atoms with van der Waals surface area (Å²) in [7, 11) is 2.04. The van der Waals surface area contributed by atoms with E-state index in [0.717, 1.165) is 11.7 Å². The molecule has 0 spiro atoms. The van der Waals surface area contributed by atoms with E-state index in [1.807, 2.05) is 20.2 Å². The second-order valence-electron chi connectivity index (χ2n) is 5.02. The van der Waals surface area contributed by atoms with E-state index >= 15 is 0 Å². The maximum Gasteiger partial charge on any atom is 0.137 e. The number of aromatic nitrogens is 1. The molecule has 19 heavy (non-hydrogen) atoms. The van der Waals surface area contributed by atoms with Gasteiger partial charge >= 0.3 is 0 Å². The van der Waals surface area contributed by atoms with Crippen molar-refractivity contribution in [2.24, 2.45) is 5.92 Å². The second kappa shape index (κ2) is 7.75. The molecule has 1 fully saturated rings. The average Bonchev–Trinajstić information content (AvgIpc) is 2.46. The number of ether oxygens (including phenoxy) is 1. The van der Waals surface area contributed by atoms with Crippen molar-refractivity contribution < 1.29 is 4.74 Å². The van der Waals surface area contributed by atoms with Crippen molar-refractivity contribution in [3.63, 3.8) is 0 Å². The minimum Gasteiger partial charge on any atom is -0.492 e. The maximum absolute atomic E-state index is 5.54. The van der Waals surface area contributed by atoms with Gasteiger partial charge < -0.3 is 10.1 Å². The molecule has 1 saturated heterocycles. The van der Waals surface area contributed by atoms with Crippen LogP contribution in [0.3, 0.4) is 0 Å². The third-order valence-electron chi connectivity index (χ3n) is 3.71. The number of thioether (sulfide) groups is 1. The molecule has 1 aliphatic heterocycles. The number of pyridine rings is 1. The molecule has 1 aliphatic rings. The average molecular weight is 280 g/mol. The summed E-state index contributed by atoms with van der Waals surface area (Å²) in [5.74, 6) is 4.35. The van der Waals surface area contributed by atoms with Crippen LogP contribution in [0.1, 0.15) is 37.8 Å². The molecule has 0 aliphatic carbocycles. The van der Waals surface area contributed by atoms with Gasteiger partial charge in [0.05, 0.1) is 12.8 Å². The summed E-state index contributed by atoms with van der Waals surface area (Å²) in [5, 5.41) is 3.43. The molecule has 106 valence electrons. The van der Waals surface area contributed by atoms with Crippen LogP contribution in [0, 0.1) is 5.92 Å². The van der Waals surface area contributed by atoms with E-state index in [1.165, 1.54) is 36.3 Å². The van der Waals surface area contributed by atoms with E-state index in [0.29, 0.717) is 12.6 Å². The fourth-order valence-electron chi connectivity index (χ4n) is 2.61. The highest BCUT2D eigenvalue weighted by molar-refractivity contribution is 7.99. The summed E-state index contributed by atoms with van der Waals surface area (Å²) < 4.78 is 5.54. The van der Waals surface area contributed by atoms with Crippen molar-refractivity contribution in [2.75, 3.05) is 25.2 Å². The Morgan fingerprint density at radius 2 is 2.21 bits per heavy atom. The molecule has 1 unspecified atom stereocenters. The maximum atomic E-state index is 5.54. The summed E-state index contributed by atoms with van der Waals surface area (Å²) in [6.45, 7) is 2.69. The van der Waals surface area contributed by atoms with Gasteiger partial charge in [-0.25, -0.2) is 0 Å². The number of rotatable bonds is 6. The summed E-state index contributed by atoms with van der Waals surface area (Å²) in [5.41, 5.74) is 1.24. The Hall–Kier alpha value is -0.740. The molecule has 1 N–H and O–H groups in total. The van der Waals surface area contributed by atoms with Crippen molar-refractivity contribution in [3.05, 3.63) is 24.0 Å². The topological polar surface area (TPSA) is 34.1 Å². The van der Waals surface area contributed by atoms with Crippen LogP contribution in [-0.4, -0.2) is 30.1 Å². The van der Waals surface area contributed by atoms with E-state index in [4.69, 9.17) is 4.74 Å². The van der Waals surface area contributed by atoms with Crippen LogP contribution in [0.4, 0.5) is 0 Å². The van der Waals surface area contributed by atoms with Crippen LogP contribution in [0.2, 0.25) is 0 Å². The van der Waals surface area contributed by atoms with E-state index in [2.05, 4.69) is 28.1 Å². The third kappa shape index (κ3) is 4.39. The lowest BCUT2D eigenvalue weighted by Gasteiger charge is -2.26. The first kappa shape index (κ1) is 14.7. The summed E-state index contributed by atoms with van der Waals surface area (Å²) in [4.78, 5) is 4.30. The molecule has 0 aromatic carbocycles. The number of nitrogens with zero attached hydrogens (tertiary/aromatic N) is 1. The van der Waals surface area contributed by atoms with Crippen LogP contribution < -0.4 is 10.1 Å². The largest absolute Gasteiger partial charge is 0.492 e. The Kier molecular flexibility index (Phi) is 5.98. The van der Waals surface area contributed by atoms with Crippen molar-refractivity contribution in [1.82, 2.24) is 10.3 Å². The first-order valence-corrected chi connectivity index (χ1v) is 8.31. The normalized spacial score (nSPS) is 18.2. The van der Waals surface area contributed by atoms with Crippen molar-refractivity contribution in [2.45, 2.75) is 32.2 Å². The lowest BCUT2D eigenvalue weighted by Crippen LogP contribution is -2.22. The fraction of sp³-hybridized carbons (Fsp3) is 0.667. The summed E-state index contributed by atoms with van der Waals surface area (Å²) in [6.07, 6.45) is 7.65. The highest BCUT2D eigenvalue weighted by Gasteiger charge is 2.19. The molecule has 2 heterocycles. The van der Waals surface area contributed by atoms with Gasteiger partial charge in [-0.2, -0.15) is 11.8 Å². The smallest absolute Gasteiger partial charge is 0.137 e. The van der Waals surface area contributed by atoms with Gasteiger partial charge in [-0.3, -0.25) is 4.98 Å². The van der Waals surface area contributed by atoms with Gasteiger partial charge in [0, 0.05) is 12.2 Å². The Morgan fingerprint density at radius 1 is 1.42 bits per heavy atom. The Bertz CT molecular complexity index is 380. The lowest BCUT2D eigenvalue weighted by molar-refractivity contribution is 0.336. The molecule has 0 amide bonds. The number of nitrogens with one attached hydrogen (secondary N) is 1. The summed E-state index contributed by atoms with van der Waals surface area (Å²) in [6, 6.07) is 2.51. The van der Waals surface area contributed by atoms with Gasteiger partial charge in [-0.15, -0.1) is 0 Å². The molecule has 1 atom stereocenters. The second-order valence-corrected chi connectivity index (χ2v) is 6.24. The standard InChI is InChI=1S/C15H24N2OS/c1-3-18-14-9-13(10-17-11-14)15(16-2)8-12-4-6-19-7-5-12/h9-12,15-16H,3-8H2,1-2H3. The molecule has 0 radical (unpaired) electrons. The zero-order chi connectivity index (χ0) is 13.5. The zero-order valence-electron chi connectivity index (χ0n) is 11.9. The first-order valence-electron chi connectivity index (χ1n) is 7.16. The van der Waals surface area contributed by atoms with E-state index < -0.39 is 0 Å². The van der Waals surface area contributed by atoms with E-state index in [1.54, 1.807) is 6.20 Å². The minimum absolute atomic E-state index is 0.390. The summed E-state index contributed by atoms with van der Waals surface area (Å²) >= 11 is 2.09. The monoisotopic (exact) mass is 280 g/mol. The molecule has 1 aromatic heterocycles. The fourth-order valence-corrected chi connectivity index (χ4v) is 3.81. The highest BCUT2D eigenvalue weighted by Crippen LogP contribution is 2.31. The molecule has 3 nitrogen and oxygen atoms in total. The van der Waals surface area contributed by atoms with Crippen molar-refractivity contribution in [3.8, 4) is 5.75 Å². The lowest BCUT2D eigenvalue weighted by atomic mass is 9.91. The highest BCUT2D eigenvalue weighted by atomic mass is 32.2. The zero-order valence-corrected chi connectivity index (χ0v) is 12.7. The van der Waals surface area contributed by atoms with Crippen LogP contribution in [0.25, 0.3) is 0 Å². The van der Waals surface area contributed by atoms with Crippen molar-refractivity contribution >= 4 is 11.8 Å². The Labute approximate surface area is 120 Å². The minimum atomic E-state index is 0.390. The van der Waals surface area contributed by atoms with E-state index in [9.17, 15) is 0 Å². The van der Waals surface area contributed by atoms with Gasteiger partial charge in [-0.05, 0) is 62.3 Å². The number of hydrogen-bond donors (Lipinski definition) is 1. The molecule has 0 saturated carbocycles. The first-order chi connectivity index (χ1) is 9.33. The van der Waals surface area contributed by atoms with Crippen molar-refractivity contribution in [1.29, 1.82) is 0 Å². The molecule has 2 rings (SSSR count). The molecule has 4 heteroatoms. The van der Waals surface area contributed by atoms with Crippen LogP contribution in [0.5, 0.6) is 5.75 Å². The van der Waals surface area contributed by atoms with Crippen LogP contribution in [0.15, 0.2) is 18.5 Å². The van der Waals surface area contributed by atoms with Gasteiger partial charge in [0.15, 0.2) is 0 Å². The Morgan fingerprint density at radius 3 is 2.89 bits per heavy atom. The third-order valence-corrected chi connectivity index (χ3v) is 4.75. The molecule has 1 aromatic rings. The molecule has 0 bridgehead atoms. The quantitative estimate of drug-likeness (QED) is 0.867. The molecular weight excluding hydrogens is 256 g/mol. The van der Waals surface area contributed by atoms with E-state index in [-0.39, 0.29) is 0 Å². The predicted molar refractivity (Wildman–Crippen MR) is 81.9 cm³/mol. The Balaban J connectivity index is 2.01. The van der Waals surface area contributed by atoms with Crippen LogP contribution in [-0.2, 0) is 0 Å². The van der Waals surface area contributed by atoms with Gasteiger partial charge in [0.2, 0.25) is 0 Å². The predicted octanol–water partition coefficient (Wildman–Crippen LogP) is 3.27. The van der Waals surface area contributed by atoms with Crippen LogP contribution >= 0.6 is 11.8 Å². The SMILES string of the molecule is CCOc1cncc(C(CC2CCSCC2)NC)c1. The van der Waals surface area contributed by atoms with Gasteiger partial charge in [0.25, 0.3) is 0 Å². The number of hydrogen-bond acceptors (Lipinski definition) is 4. The molecular formula is C15H24N2OS.